The number of hydrogen-bond donors (Lipinski definition) is 2. The predicted molar refractivity (Wildman–Crippen MR) is 50.0 cm³/mol. The number of carbonyl (C=O) groups is 1. The Kier molecular flexibility index (Phi) is 2.64. The number of H-pyrrole nitrogens is 1. The molecule has 0 unspecified atom stereocenters. The van der Waals surface area contributed by atoms with Crippen LogP contribution in [-0.4, -0.2) is 47.4 Å². The highest BCUT2D eigenvalue weighted by atomic mass is 16.5. The number of aromatic nitrogens is 2. The van der Waals surface area contributed by atoms with E-state index in [1.165, 1.54) is 0 Å². The molecule has 76 valence electrons. The molecule has 2 amide bonds. The van der Waals surface area contributed by atoms with Gasteiger partial charge in [0.05, 0.1) is 19.4 Å². The number of urea groups is 1. The summed E-state index contributed by atoms with van der Waals surface area (Å²) in [5.74, 6) is 0.612. The molecule has 6 heteroatoms. The van der Waals surface area contributed by atoms with E-state index in [-0.39, 0.29) is 6.03 Å². The fourth-order valence-corrected chi connectivity index (χ4v) is 1.29. The maximum atomic E-state index is 11.6. The van der Waals surface area contributed by atoms with Gasteiger partial charge in [-0.2, -0.15) is 5.10 Å². The highest BCUT2D eigenvalue weighted by Crippen LogP contribution is 2.03. The first-order valence-electron chi connectivity index (χ1n) is 4.49. The maximum Gasteiger partial charge on any atom is 0.323 e. The number of anilines is 1. The van der Waals surface area contributed by atoms with Gasteiger partial charge in [0.15, 0.2) is 0 Å². The molecule has 1 aliphatic rings. The number of amides is 2. The molecule has 6 nitrogen and oxygen atoms in total. The highest BCUT2D eigenvalue weighted by Gasteiger charge is 2.16. The van der Waals surface area contributed by atoms with Gasteiger partial charge in [-0.25, -0.2) is 4.79 Å². The number of ether oxygens (including phenoxy) is 1. The van der Waals surface area contributed by atoms with E-state index >= 15 is 0 Å². The quantitative estimate of drug-likeness (QED) is 0.677. The molecule has 1 aliphatic heterocycles. The van der Waals surface area contributed by atoms with Gasteiger partial charge in [-0.3, -0.25) is 10.4 Å². The molecule has 0 aromatic carbocycles. The molecule has 0 saturated carbocycles. The first-order valence-corrected chi connectivity index (χ1v) is 4.49. The first kappa shape index (κ1) is 9.01. The summed E-state index contributed by atoms with van der Waals surface area (Å²) >= 11 is 0. The van der Waals surface area contributed by atoms with Crippen LogP contribution in [0, 0.1) is 0 Å². The van der Waals surface area contributed by atoms with Crippen LogP contribution in [0.15, 0.2) is 12.3 Å². The van der Waals surface area contributed by atoms with Crippen LogP contribution in [-0.2, 0) is 4.74 Å². The molecule has 0 atom stereocenters. The second kappa shape index (κ2) is 4.10. The summed E-state index contributed by atoms with van der Waals surface area (Å²) in [4.78, 5) is 13.3. The zero-order chi connectivity index (χ0) is 9.80. The van der Waals surface area contributed by atoms with Crippen LogP contribution < -0.4 is 5.32 Å². The SMILES string of the molecule is O=C(Nc1ccn[nH]1)N1CCOCC1. The Hall–Kier alpha value is -1.56. The summed E-state index contributed by atoms with van der Waals surface area (Å²) in [5, 5.41) is 9.11. The van der Waals surface area contributed by atoms with Crippen molar-refractivity contribution >= 4 is 11.8 Å². The van der Waals surface area contributed by atoms with Crippen molar-refractivity contribution < 1.29 is 9.53 Å². The van der Waals surface area contributed by atoms with Crippen LogP contribution >= 0.6 is 0 Å². The maximum absolute atomic E-state index is 11.6. The Balaban J connectivity index is 1.88. The zero-order valence-corrected chi connectivity index (χ0v) is 7.69. The lowest BCUT2D eigenvalue weighted by Crippen LogP contribution is -2.43. The van der Waals surface area contributed by atoms with Crippen molar-refractivity contribution in [3.05, 3.63) is 12.3 Å². The van der Waals surface area contributed by atoms with E-state index < -0.39 is 0 Å². The molecule has 1 aromatic heterocycles. The summed E-state index contributed by atoms with van der Waals surface area (Å²) < 4.78 is 5.14. The van der Waals surface area contributed by atoms with Crippen molar-refractivity contribution in [3.63, 3.8) is 0 Å². The van der Waals surface area contributed by atoms with Crippen molar-refractivity contribution in [1.82, 2.24) is 15.1 Å². The van der Waals surface area contributed by atoms with Gasteiger partial charge < -0.3 is 9.64 Å². The lowest BCUT2D eigenvalue weighted by Gasteiger charge is -2.26. The summed E-state index contributed by atoms with van der Waals surface area (Å²) in [5.41, 5.74) is 0. The number of nitrogens with zero attached hydrogens (tertiary/aromatic N) is 2. The third kappa shape index (κ3) is 2.02. The molecule has 0 bridgehead atoms. The topological polar surface area (TPSA) is 70.2 Å². The smallest absolute Gasteiger partial charge is 0.323 e. The monoisotopic (exact) mass is 196 g/mol. The third-order valence-electron chi connectivity index (χ3n) is 2.04. The molecule has 0 aliphatic carbocycles. The molecule has 0 radical (unpaired) electrons. The minimum Gasteiger partial charge on any atom is -0.378 e. The summed E-state index contributed by atoms with van der Waals surface area (Å²) in [6.07, 6.45) is 1.59. The van der Waals surface area contributed by atoms with E-state index in [1.807, 2.05) is 0 Å². The molecule has 1 saturated heterocycles. The summed E-state index contributed by atoms with van der Waals surface area (Å²) in [7, 11) is 0. The largest absolute Gasteiger partial charge is 0.378 e. The fraction of sp³-hybridized carbons (Fsp3) is 0.500. The number of aromatic amines is 1. The minimum atomic E-state index is -0.113. The fourth-order valence-electron chi connectivity index (χ4n) is 1.29. The molecule has 2 N–H and O–H groups in total. The molecule has 1 fully saturated rings. The van der Waals surface area contributed by atoms with Gasteiger partial charge in [-0.05, 0) is 0 Å². The number of nitrogens with one attached hydrogen (secondary N) is 2. The molecule has 14 heavy (non-hydrogen) atoms. The van der Waals surface area contributed by atoms with Crippen LogP contribution in [0.2, 0.25) is 0 Å². The lowest BCUT2D eigenvalue weighted by molar-refractivity contribution is 0.0564. The molecule has 0 spiro atoms. The second-order valence-electron chi connectivity index (χ2n) is 3.00. The van der Waals surface area contributed by atoms with Crippen molar-refractivity contribution in [3.8, 4) is 0 Å². The zero-order valence-electron chi connectivity index (χ0n) is 7.69. The Labute approximate surface area is 81.2 Å². The Morgan fingerprint density at radius 3 is 3.00 bits per heavy atom. The summed E-state index contributed by atoms with van der Waals surface area (Å²) in [6, 6.07) is 1.59. The van der Waals surface area contributed by atoms with Gasteiger partial charge in [0, 0.05) is 19.2 Å². The molecular formula is C8H12N4O2. The van der Waals surface area contributed by atoms with Gasteiger partial charge >= 0.3 is 6.03 Å². The van der Waals surface area contributed by atoms with E-state index in [2.05, 4.69) is 15.5 Å². The highest BCUT2D eigenvalue weighted by molar-refractivity contribution is 5.88. The number of carbonyl (C=O) groups excluding carboxylic acids is 1. The van der Waals surface area contributed by atoms with Crippen molar-refractivity contribution in [1.29, 1.82) is 0 Å². The van der Waals surface area contributed by atoms with Crippen LogP contribution in [0.3, 0.4) is 0 Å². The van der Waals surface area contributed by atoms with Crippen molar-refractivity contribution in [2.45, 2.75) is 0 Å². The minimum absolute atomic E-state index is 0.113. The van der Waals surface area contributed by atoms with Gasteiger partial charge in [0.1, 0.15) is 5.82 Å². The second-order valence-corrected chi connectivity index (χ2v) is 3.00. The van der Waals surface area contributed by atoms with Crippen molar-refractivity contribution in [2.24, 2.45) is 0 Å². The standard InChI is InChI=1S/C8H12N4O2/c13-8(10-7-1-2-9-11-7)12-3-5-14-6-4-12/h1-2H,3-6H2,(H2,9,10,11,13). The number of morpholine rings is 1. The van der Waals surface area contributed by atoms with Crippen LogP contribution in [0.1, 0.15) is 0 Å². The predicted octanol–water partition coefficient (Wildman–Crippen LogP) is 0.274. The van der Waals surface area contributed by atoms with Crippen LogP contribution in [0.5, 0.6) is 0 Å². The van der Waals surface area contributed by atoms with Gasteiger partial charge in [-0.15, -0.1) is 0 Å². The Morgan fingerprint density at radius 2 is 2.36 bits per heavy atom. The summed E-state index contributed by atoms with van der Waals surface area (Å²) in [6.45, 7) is 2.49. The van der Waals surface area contributed by atoms with Gasteiger partial charge in [0.25, 0.3) is 0 Å². The Morgan fingerprint density at radius 1 is 1.57 bits per heavy atom. The average Bonchev–Trinajstić information content (AvgIpc) is 2.72. The van der Waals surface area contributed by atoms with Crippen LogP contribution in [0.25, 0.3) is 0 Å². The normalized spacial score (nSPS) is 16.7. The van der Waals surface area contributed by atoms with E-state index in [0.29, 0.717) is 32.1 Å². The lowest BCUT2D eigenvalue weighted by atomic mass is 10.4. The van der Waals surface area contributed by atoms with Gasteiger partial charge in [-0.1, -0.05) is 0 Å². The molecule has 2 heterocycles. The molecule has 2 rings (SSSR count). The third-order valence-corrected chi connectivity index (χ3v) is 2.04. The molecule has 1 aromatic rings. The van der Waals surface area contributed by atoms with E-state index in [9.17, 15) is 4.79 Å². The van der Waals surface area contributed by atoms with E-state index in [0.717, 1.165) is 0 Å². The molecular weight excluding hydrogens is 184 g/mol. The van der Waals surface area contributed by atoms with E-state index in [1.54, 1.807) is 17.2 Å². The van der Waals surface area contributed by atoms with Gasteiger partial charge in [0.2, 0.25) is 0 Å². The van der Waals surface area contributed by atoms with E-state index in [4.69, 9.17) is 4.74 Å². The van der Waals surface area contributed by atoms with Crippen molar-refractivity contribution in [2.75, 3.05) is 31.6 Å². The Bertz CT molecular complexity index is 292. The first-order chi connectivity index (χ1) is 6.86. The van der Waals surface area contributed by atoms with Crippen LogP contribution in [0.4, 0.5) is 10.6 Å². The number of hydrogen-bond acceptors (Lipinski definition) is 3. The average molecular weight is 196 g/mol. The number of rotatable bonds is 1.